The molecule has 1 atom stereocenters. The minimum Gasteiger partial charge on any atom is -0.338 e. The van der Waals surface area contributed by atoms with Crippen LogP contribution in [0.1, 0.15) is 23.7 Å². The molecule has 124 valence electrons. The molecule has 1 aromatic heterocycles. The van der Waals surface area contributed by atoms with Crippen molar-refractivity contribution < 1.29 is 4.79 Å². The van der Waals surface area contributed by atoms with E-state index in [2.05, 4.69) is 12.0 Å². The van der Waals surface area contributed by atoms with Crippen LogP contribution in [0, 0.1) is 5.41 Å². The summed E-state index contributed by atoms with van der Waals surface area (Å²) >= 11 is 5.99. The standard InChI is InChI=1S/C16H19ClN4O.ClH/c1-16(10-18)5-6-20(11-16)15(22)12-8-19-21(9-12)14-4-2-3-13(17)7-14;/h2-4,7-9H,5-6,10-11,18H2,1H3;1H. The van der Waals surface area contributed by atoms with Gasteiger partial charge in [0.2, 0.25) is 0 Å². The fraction of sp³-hybridized carbons (Fsp3) is 0.375. The first-order chi connectivity index (χ1) is 10.5. The zero-order valence-corrected chi connectivity index (χ0v) is 14.5. The van der Waals surface area contributed by atoms with Crippen molar-refractivity contribution in [3.05, 3.63) is 47.2 Å². The molecule has 0 aliphatic carbocycles. The molecule has 1 aliphatic heterocycles. The second-order valence-electron chi connectivity index (χ2n) is 6.14. The van der Waals surface area contributed by atoms with Crippen LogP contribution in [0.4, 0.5) is 0 Å². The van der Waals surface area contributed by atoms with Gasteiger partial charge in [0.05, 0.1) is 17.4 Å². The molecule has 2 N–H and O–H groups in total. The van der Waals surface area contributed by atoms with Crippen LogP contribution in [-0.2, 0) is 0 Å². The van der Waals surface area contributed by atoms with E-state index in [0.717, 1.165) is 18.7 Å². The van der Waals surface area contributed by atoms with E-state index in [1.54, 1.807) is 23.1 Å². The van der Waals surface area contributed by atoms with E-state index in [-0.39, 0.29) is 23.7 Å². The number of amides is 1. The van der Waals surface area contributed by atoms with Crippen LogP contribution in [-0.4, -0.2) is 40.2 Å². The molecule has 0 bridgehead atoms. The molecule has 1 fully saturated rings. The third kappa shape index (κ3) is 3.68. The van der Waals surface area contributed by atoms with Gasteiger partial charge in [-0.2, -0.15) is 5.10 Å². The van der Waals surface area contributed by atoms with Gasteiger partial charge in [-0.05, 0) is 36.6 Å². The minimum absolute atomic E-state index is 0. The lowest BCUT2D eigenvalue weighted by Crippen LogP contribution is -2.34. The van der Waals surface area contributed by atoms with E-state index < -0.39 is 0 Å². The van der Waals surface area contributed by atoms with Crippen LogP contribution in [0.15, 0.2) is 36.7 Å². The van der Waals surface area contributed by atoms with Crippen molar-refractivity contribution in [3.8, 4) is 5.69 Å². The lowest BCUT2D eigenvalue weighted by molar-refractivity contribution is 0.0777. The highest BCUT2D eigenvalue weighted by molar-refractivity contribution is 6.30. The molecule has 1 unspecified atom stereocenters. The van der Waals surface area contributed by atoms with Gasteiger partial charge in [-0.15, -0.1) is 12.4 Å². The zero-order valence-electron chi connectivity index (χ0n) is 12.9. The quantitative estimate of drug-likeness (QED) is 0.921. The number of likely N-dealkylation sites (tertiary alicyclic amines) is 1. The number of carbonyl (C=O) groups is 1. The summed E-state index contributed by atoms with van der Waals surface area (Å²) in [5.41, 5.74) is 7.24. The van der Waals surface area contributed by atoms with Gasteiger partial charge in [-0.3, -0.25) is 4.79 Å². The second kappa shape index (κ2) is 6.91. The van der Waals surface area contributed by atoms with Gasteiger partial charge in [-0.25, -0.2) is 4.68 Å². The van der Waals surface area contributed by atoms with Crippen LogP contribution in [0.25, 0.3) is 5.69 Å². The van der Waals surface area contributed by atoms with Crippen LogP contribution in [0.2, 0.25) is 5.02 Å². The summed E-state index contributed by atoms with van der Waals surface area (Å²) in [6.07, 6.45) is 4.28. The number of halogens is 2. The van der Waals surface area contributed by atoms with Crippen molar-refractivity contribution in [2.75, 3.05) is 19.6 Å². The Bertz CT molecular complexity index is 703. The van der Waals surface area contributed by atoms with E-state index in [4.69, 9.17) is 17.3 Å². The summed E-state index contributed by atoms with van der Waals surface area (Å²) in [7, 11) is 0. The molecule has 5 nitrogen and oxygen atoms in total. The highest BCUT2D eigenvalue weighted by Gasteiger charge is 2.35. The Morgan fingerprint density at radius 2 is 2.26 bits per heavy atom. The maximum atomic E-state index is 12.6. The number of benzene rings is 1. The average Bonchev–Trinajstić information content (AvgIpc) is 3.14. The van der Waals surface area contributed by atoms with Gasteiger partial charge >= 0.3 is 0 Å². The van der Waals surface area contributed by atoms with Gasteiger partial charge in [0, 0.05) is 24.3 Å². The fourth-order valence-corrected chi connectivity index (χ4v) is 2.92. The molecule has 0 spiro atoms. The minimum atomic E-state index is 0. The van der Waals surface area contributed by atoms with Crippen molar-refractivity contribution >= 4 is 29.9 Å². The van der Waals surface area contributed by atoms with E-state index in [1.165, 1.54) is 0 Å². The predicted molar refractivity (Wildman–Crippen MR) is 93.5 cm³/mol. The molecule has 1 saturated heterocycles. The highest BCUT2D eigenvalue weighted by atomic mass is 35.5. The highest BCUT2D eigenvalue weighted by Crippen LogP contribution is 2.29. The monoisotopic (exact) mass is 354 g/mol. The Balaban J connectivity index is 0.00000192. The van der Waals surface area contributed by atoms with Crippen molar-refractivity contribution in [3.63, 3.8) is 0 Å². The van der Waals surface area contributed by atoms with Gasteiger partial charge < -0.3 is 10.6 Å². The zero-order chi connectivity index (χ0) is 15.7. The van der Waals surface area contributed by atoms with Crippen LogP contribution >= 0.6 is 24.0 Å². The number of nitrogens with two attached hydrogens (primary N) is 1. The topological polar surface area (TPSA) is 64.2 Å². The van der Waals surface area contributed by atoms with Crippen molar-refractivity contribution in [1.29, 1.82) is 0 Å². The average molecular weight is 355 g/mol. The first-order valence-corrected chi connectivity index (χ1v) is 7.68. The van der Waals surface area contributed by atoms with Gasteiger partial charge in [0.1, 0.15) is 0 Å². The molecule has 1 aliphatic rings. The van der Waals surface area contributed by atoms with E-state index in [9.17, 15) is 4.79 Å². The summed E-state index contributed by atoms with van der Waals surface area (Å²) in [5.74, 6) is 0.00505. The smallest absolute Gasteiger partial charge is 0.257 e. The normalized spacial score (nSPS) is 20.4. The first kappa shape index (κ1) is 17.8. The third-order valence-electron chi connectivity index (χ3n) is 4.24. The van der Waals surface area contributed by atoms with Crippen molar-refractivity contribution in [1.82, 2.24) is 14.7 Å². The first-order valence-electron chi connectivity index (χ1n) is 7.31. The fourth-order valence-electron chi connectivity index (χ4n) is 2.74. The molecule has 1 amide bonds. The molecule has 0 saturated carbocycles. The molecule has 2 aromatic rings. The number of carbonyl (C=O) groups excluding carboxylic acids is 1. The third-order valence-corrected chi connectivity index (χ3v) is 4.48. The van der Waals surface area contributed by atoms with Crippen molar-refractivity contribution in [2.45, 2.75) is 13.3 Å². The summed E-state index contributed by atoms with van der Waals surface area (Å²) in [6.45, 7) is 4.16. The number of aromatic nitrogens is 2. The molecule has 7 heteroatoms. The largest absolute Gasteiger partial charge is 0.338 e. The maximum absolute atomic E-state index is 12.6. The van der Waals surface area contributed by atoms with Crippen LogP contribution < -0.4 is 5.73 Å². The lowest BCUT2D eigenvalue weighted by Gasteiger charge is -2.22. The van der Waals surface area contributed by atoms with E-state index in [1.807, 2.05) is 23.1 Å². The molecule has 1 aromatic carbocycles. The lowest BCUT2D eigenvalue weighted by atomic mass is 9.90. The van der Waals surface area contributed by atoms with E-state index >= 15 is 0 Å². The van der Waals surface area contributed by atoms with Gasteiger partial charge in [0.25, 0.3) is 5.91 Å². The Labute approximate surface area is 146 Å². The Kier molecular flexibility index (Phi) is 5.34. The number of hydrogen-bond acceptors (Lipinski definition) is 3. The second-order valence-corrected chi connectivity index (χ2v) is 6.58. The van der Waals surface area contributed by atoms with Gasteiger partial charge in [-0.1, -0.05) is 24.6 Å². The number of nitrogens with zero attached hydrogens (tertiary/aromatic N) is 3. The molecule has 0 radical (unpaired) electrons. The molecule has 23 heavy (non-hydrogen) atoms. The SMILES string of the molecule is CC1(CN)CCN(C(=O)c2cnn(-c3cccc(Cl)c3)c2)C1.Cl. The van der Waals surface area contributed by atoms with Gasteiger partial charge in [0.15, 0.2) is 0 Å². The number of hydrogen-bond donors (Lipinski definition) is 1. The van der Waals surface area contributed by atoms with Crippen molar-refractivity contribution in [2.24, 2.45) is 11.1 Å². The van der Waals surface area contributed by atoms with E-state index in [0.29, 0.717) is 23.7 Å². The Hall–Kier alpha value is -1.56. The molecular weight excluding hydrogens is 335 g/mol. The Morgan fingerprint density at radius 3 is 2.91 bits per heavy atom. The summed E-state index contributed by atoms with van der Waals surface area (Å²) in [6, 6.07) is 7.37. The Morgan fingerprint density at radius 1 is 1.48 bits per heavy atom. The number of rotatable bonds is 3. The molecule has 3 rings (SSSR count). The maximum Gasteiger partial charge on any atom is 0.257 e. The summed E-state index contributed by atoms with van der Waals surface area (Å²) in [5, 5.41) is 4.90. The predicted octanol–water partition coefficient (Wildman–Crippen LogP) is 2.76. The summed E-state index contributed by atoms with van der Waals surface area (Å²) < 4.78 is 1.66. The molecule has 2 heterocycles. The summed E-state index contributed by atoms with van der Waals surface area (Å²) in [4.78, 5) is 14.4. The van der Waals surface area contributed by atoms with Crippen LogP contribution in [0.5, 0.6) is 0 Å². The molecular formula is C16H20Cl2N4O. The van der Waals surface area contributed by atoms with Crippen LogP contribution in [0.3, 0.4) is 0 Å².